The molecule has 0 saturated carbocycles. The number of fused-ring (bicyclic) bond motifs is 1. The fourth-order valence-corrected chi connectivity index (χ4v) is 3.84. The first-order chi connectivity index (χ1) is 10.4. The maximum absolute atomic E-state index is 12.6. The summed E-state index contributed by atoms with van der Waals surface area (Å²) in [4.78, 5) is 0.117. The van der Waals surface area contributed by atoms with Gasteiger partial charge < -0.3 is 8.94 Å². The quantitative estimate of drug-likeness (QED) is 0.739. The maximum atomic E-state index is 12.6. The zero-order valence-corrected chi connectivity index (χ0v) is 13.3. The molecule has 7 heteroatoms. The van der Waals surface area contributed by atoms with Crippen molar-refractivity contribution in [2.24, 2.45) is 0 Å². The first-order valence-electron chi connectivity index (χ1n) is 6.76. The summed E-state index contributed by atoms with van der Waals surface area (Å²) in [6.07, 6.45) is 0. The molecule has 0 fully saturated rings. The minimum Gasteiger partial charge on any atom is -0.460 e. The third kappa shape index (κ3) is 2.42. The van der Waals surface area contributed by atoms with Gasteiger partial charge in [-0.2, -0.15) is 4.31 Å². The van der Waals surface area contributed by atoms with Crippen LogP contribution in [0.1, 0.15) is 17.2 Å². The van der Waals surface area contributed by atoms with E-state index in [1.54, 1.807) is 13.8 Å². The molecule has 6 nitrogen and oxygen atoms in total. The number of hydrogen-bond acceptors (Lipinski definition) is 5. The summed E-state index contributed by atoms with van der Waals surface area (Å²) in [6, 6.07) is 9.40. The number of benzene rings is 1. The highest BCUT2D eigenvalue weighted by Crippen LogP contribution is 2.25. The van der Waals surface area contributed by atoms with E-state index in [0.717, 1.165) is 11.0 Å². The molecule has 22 heavy (non-hydrogen) atoms. The van der Waals surface area contributed by atoms with Crippen molar-refractivity contribution in [3.8, 4) is 0 Å². The predicted molar refractivity (Wildman–Crippen MR) is 80.8 cm³/mol. The normalized spacial score (nSPS) is 12.4. The van der Waals surface area contributed by atoms with Crippen LogP contribution in [0.3, 0.4) is 0 Å². The molecule has 0 atom stereocenters. The van der Waals surface area contributed by atoms with Crippen LogP contribution in [-0.4, -0.2) is 24.9 Å². The molecule has 1 aromatic carbocycles. The summed E-state index contributed by atoms with van der Waals surface area (Å²) in [5.74, 6) is 0.869. The van der Waals surface area contributed by atoms with Crippen LogP contribution in [-0.2, 0) is 16.6 Å². The Hall–Kier alpha value is -2.12. The van der Waals surface area contributed by atoms with Gasteiger partial charge in [0.1, 0.15) is 21.9 Å². The van der Waals surface area contributed by atoms with Crippen LogP contribution in [0.25, 0.3) is 11.0 Å². The predicted octanol–water partition coefficient (Wildman–Crippen LogP) is 2.86. The number of furan rings is 1. The second kappa shape index (κ2) is 5.26. The Balaban J connectivity index is 1.92. The summed E-state index contributed by atoms with van der Waals surface area (Å²) >= 11 is 0. The van der Waals surface area contributed by atoms with E-state index in [1.807, 2.05) is 30.3 Å². The van der Waals surface area contributed by atoms with Gasteiger partial charge in [-0.05, 0) is 26.0 Å². The van der Waals surface area contributed by atoms with Crippen molar-refractivity contribution < 1.29 is 17.4 Å². The van der Waals surface area contributed by atoms with Crippen molar-refractivity contribution in [2.75, 3.05) is 7.05 Å². The molecular weight excluding hydrogens is 304 g/mol. The van der Waals surface area contributed by atoms with Crippen molar-refractivity contribution >= 4 is 21.0 Å². The Bertz CT molecular complexity index is 872. The molecule has 2 aromatic heterocycles. The first-order valence-corrected chi connectivity index (χ1v) is 8.20. The molecule has 0 amide bonds. The van der Waals surface area contributed by atoms with Crippen molar-refractivity contribution in [1.82, 2.24) is 9.46 Å². The third-order valence-electron chi connectivity index (χ3n) is 3.49. The second-order valence-corrected chi connectivity index (χ2v) is 7.15. The van der Waals surface area contributed by atoms with Crippen LogP contribution in [0.4, 0.5) is 0 Å². The summed E-state index contributed by atoms with van der Waals surface area (Å²) in [7, 11) is -2.17. The Labute approximate surface area is 128 Å². The lowest BCUT2D eigenvalue weighted by Gasteiger charge is -2.15. The molecule has 0 radical (unpaired) electrons. The highest BCUT2D eigenvalue weighted by atomic mass is 32.2. The lowest BCUT2D eigenvalue weighted by atomic mass is 10.2. The third-order valence-corrected chi connectivity index (χ3v) is 5.54. The van der Waals surface area contributed by atoms with Crippen LogP contribution in [0, 0.1) is 13.8 Å². The minimum absolute atomic E-state index is 0.117. The van der Waals surface area contributed by atoms with Crippen molar-refractivity contribution in [3.05, 3.63) is 47.5 Å². The number of aromatic nitrogens is 1. The topological polar surface area (TPSA) is 76.6 Å². The van der Waals surface area contributed by atoms with E-state index in [9.17, 15) is 8.42 Å². The molecule has 0 aliphatic heterocycles. The molecular formula is C15H16N2O4S. The number of hydrogen-bond donors (Lipinski definition) is 0. The molecule has 0 N–H and O–H groups in total. The SMILES string of the molecule is Cc1noc(C)c1S(=O)(=O)N(C)Cc1cc2ccccc2o1. The van der Waals surface area contributed by atoms with Crippen LogP contribution in [0.5, 0.6) is 0 Å². The molecule has 3 rings (SSSR count). The van der Waals surface area contributed by atoms with Crippen LogP contribution < -0.4 is 0 Å². The van der Waals surface area contributed by atoms with Crippen LogP contribution in [0.2, 0.25) is 0 Å². The minimum atomic E-state index is -3.68. The Morgan fingerprint density at radius 2 is 1.95 bits per heavy atom. The van der Waals surface area contributed by atoms with E-state index < -0.39 is 10.0 Å². The van der Waals surface area contributed by atoms with Crippen molar-refractivity contribution in [3.63, 3.8) is 0 Å². The summed E-state index contributed by atoms with van der Waals surface area (Å²) in [5, 5.41) is 4.65. The van der Waals surface area contributed by atoms with Crippen LogP contribution in [0.15, 0.2) is 44.2 Å². The second-order valence-electron chi connectivity index (χ2n) is 5.16. The van der Waals surface area contributed by atoms with Gasteiger partial charge in [-0.25, -0.2) is 8.42 Å². The standard InChI is InChI=1S/C15H16N2O4S/c1-10-15(11(2)21-16-10)22(18,19)17(3)9-13-8-12-6-4-5-7-14(12)20-13/h4-8H,9H2,1-3H3. The van der Waals surface area contributed by atoms with E-state index in [2.05, 4.69) is 5.16 Å². The fraction of sp³-hybridized carbons (Fsp3) is 0.267. The lowest BCUT2D eigenvalue weighted by Crippen LogP contribution is -2.27. The Morgan fingerprint density at radius 3 is 2.59 bits per heavy atom. The van der Waals surface area contributed by atoms with E-state index in [-0.39, 0.29) is 17.2 Å². The van der Waals surface area contributed by atoms with Gasteiger partial charge in [0.2, 0.25) is 10.0 Å². The molecule has 0 spiro atoms. The zero-order chi connectivity index (χ0) is 15.9. The van der Waals surface area contributed by atoms with E-state index in [0.29, 0.717) is 11.5 Å². The highest BCUT2D eigenvalue weighted by Gasteiger charge is 2.29. The smallest absolute Gasteiger partial charge is 0.248 e. The fourth-order valence-electron chi connectivity index (χ4n) is 2.42. The summed E-state index contributed by atoms with van der Waals surface area (Å²) in [5.41, 5.74) is 1.09. The van der Waals surface area contributed by atoms with E-state index in [1.165, 1.54) is 11.4 Å². The molecule has 0 saturated heterocycles. The van der Waals surface area contributed by atoms with Gasteiger partial charge in [0.15, 0.2) is 5.76 Å². The zero-order valence-electron chi connectivity index (χ0n) is 12.5. The monoisotopic (exact) mass is 320 g/mol. The molecule has 2 heterocycles. The number of rotatable bonds is 4. The molecule has 0 bridgehead atoms. The lowest BCUT2D eigenvalue weighted by molar-refractivity contribution is 0.388. The van der Waals surface area contributed by atoms with Gasteiger partial charge >= 0.3 is 0 Å². The van der Waals surface area contributed by atoms with E-state index in [4.69, 9.17) is 8.94 Å². The molecule has 0 unspecified atom stereocenters. The first kappa shape index (κ1) is 14.8. The molecule has 116 valence electrons. The maximum Gasteiger partial charge on any atom is 0.248 e. The Morgan fingerprint density at radius 1 is 1.23 bits per heavy atom. The van der Waals surface area contributed by atoms with Gasteiger partial charge in [0.25, 0.3) is 0 Å². The van der Waals surface area contributed by atoms with Crippen molar-refractivity contribution in [1.29, 1.82) is 0 Å². The van der Waals surface area contributed by atoms with Gasteiger partial charge in [0.05, 0.1) is 6.54 Å². The average Bonchev–Trinajstić information content (AvgIpc) is 3.01. The molecule has 0 aliphatic carbocycles. The Kier molecular flexibility index (Phi) is 3.54. The molecule has 0 aliphatic rings. The molecule has 3 aromatic rings. The number of nitrogens with zero attached hydrogens (tertiary/aromatic N) is 2. The van der Waals surface area contributed by atoms with Gasteiger partial charge in [0, 0.05) is 12.4 Å². The average molecular weight is 320 g/mol. The number of para-hydroxylation sites is 1. The van der Waals surface area contributed by atoms with E-state index >= 15 is 0 Å². The summed E-state index contributed by atoms with van der Waals surface area (Å²) < 4.78 is 37.1. The highest BCUT2D eigenvalue weighted by molar-refractivity contribution is 7.89. The van der Waals surface area contributed by atoms with Gasteiger partial charge in [-0.15, -0.1) is 0 Å². The van der Waals surface area contributed by atoms with Crippen LogP contribution >= 0.6 is 0 Å². The number of sulfonamides is 1. The van der Waals surface area contributed by atoms with Gasteiger partial charge in [-0.1, -0.05) is 23.4 Å². The van der Waals surface area contributed by atoms with Gasteiger partial charge in [-0.3, -0.25) is 0 Å². The number of aryl methyl sites for hydroxylation is 2. The summed E-state index contributed by atoms with van der Waals surface area (Å²) in [6.45, 7) is 3.33. The largest absolute Gasteiger partial charge is 0.460 e. The van der Waals surface area contributed by atoms with Crippen molar-refractivity contribution in [2.45, 2.75) is 25.3 Å².